The van der Waals surface area contributed by atoms with Crippen molar-refractivity contribution in [1.82, 2.24) is 20.1 Å². The van der Waals surface area contributed by atoms with Crippen LogP contribution in [-0.2, 0) is 17.8 Å². The second-order valence-electron chi connectivity index (χ2n) is 8.36. The average molecular weight is 496 g/mol. The van der Waals surface area contributed by atoms with Gasteiger partial charge in [-0.1, -0.05) is 50.7 Å². The van der Waals surface area contributed by atoms with E-state index in [0.29, 0.717) is 28.8 Å². The van der Waals surface area contributed by atoms with Gasteiger partial charge in [0.05, 0.1) is 18.9 Å². The highest BCUT2D eigenvalue weighted by Crippen LogP contribution is 2.26. The maximum Gasteiger partial charge on any atom is 0.251 e. The molecule has 0 fully saturated rings. The Morgan fingerprint density at radius 2 is 1.77 bits per heavy atom. The predicted octanol–water partition coefficient (Wildman–Crippen LogP) is 4.73. The van der Waals surface area contributed by atoms with Gasteiger partial charge in [0.25, 0.3) is 5.91 Å². The summed E-state index contributed by atoms with van der Waals surface area (Å²) in [5.74, 6) is 1.36. The number of thioether (sulfide) groups is 1. The van der Waals surface area contributed by atoms with Crippen molar-refractivity contribution in [2.75, 3.05) is 18.2 Å². The fraction of sp³-hybridized carbons (Fsp3) is 0.385. The molecule has 3 aromatic rings. The summed E-state index contributed by atoms with van der Waals surface area (Å²) in [5.41, 5.74) is 2.47. The lowest BCUT2D eigenvalue weighted by molar-refractivity contribution is -0.113. The van der Waals surface area contributed by atoms with Gasteiger partial charge in [-0.2, -0.15) is 0 Å². The molecule has 0 spiro atoms. The van der Waals surface area contributed by atoms with Crippen molar-refractivity contribution in [2.24, 2.45) is 5.92 Å². The van der Waals surface area contributed by atoms with Gasteiger partial charge in [0, 0.05) is 17.8 Å². The van der Waals surface area contributed by atoms with Gasteiger partial charge >= 0.3 is 0 Å². The summed E-state index contributed by atoms with van der Waals surface area (Å²) in [6.07, 6.45) is 0.843. The molecule has 1 aromatic heterocycles. The van der Waals surface area contributed by atoms with Crippen LogP contribution in [0, 0.1) is 5.92 Å². The van der Waals surface area contributed by atoms with Crippen molar-refractivity contribution < 1.29 is 14.3 Å². The number of carbonyl (C=O) groups is 2. The summed E-state index contributed by atoms with van der Waals surface area (Å²) in [6, 6.07) is 14.4. The third-order valence-corrected chi connectivity index (χ3v) is 6.62. The SMILES string of the molecule is CCc1ccccc1NC(=O)CSc1nnc([C@@H](NC(=O)c2ccc(OC)cc2)C(C)C)n1CC. The van der Waals surface area contributed by atoms with Gasteiger partial charge in [0.1, 0.15) is 5.75 Å². The first-order valence-electron chi connectivity index (χ1n) is 11.8. The molecule has 1 atom stereocenters. The average Bonchev–Trinajstić information content (AvgIpc) is 3.28. The van der Waals surface area contributed by atoms with Gasteiger partial charge in [-0.15, -0.1) is 10.2 Å². The third-order valence-electron chi connectivity index (χ3n) is 5.65. The number of carbonyl (C=O) groups excluding carboxylic acids is 2. The molecule has 2 N–H and O–H groups in total. The summed E-state index contributed by atoms with van der Waals surface area (Å²) in [7, 11) is 1.59. The van der Waals surface area contributed by atoms with E-state index >= 15 is 0 Å². The van der Waals surface area contributed by atoms with Gasteiger partial charge < -0.3 is 19.9 Å². The molecule has 0 unspecified atom stereocenters. The number of aryl methyl sites for hydroxylation is 1. The standard InChI is InChI=1S/C26H33N5O3S/c1-6-18-10-8-9-11-21(18)27-22(32)16-35-26-30-29-24(31(26)7-2)23(17(3)4)28-25(33)19-12-14-20(34-5)15-13-19/h8-15,17,23H,6-7,16H2,1-5H3,(H,27,32)(H,28,33)/t23-/m0/s1. The molecule has 2 aromatic carbocycles. The quantitative estimate of drug-likeness (QED) is 0.373. The zero-order valence-electron chi connectivity index (χ0n) is 20.9. The largest absolute Gasteiger partial charge is 0.497 e. The topological polar surface area (TPSA) is 98.1 Å². The number of nitrogens with zero attached hydrogens (tertiary/aromatic N) is 3. The van der Waals surface area contributed by atoms with Crippen LogP contribution in [0.1, 0.15) is 55.5 Å². The van der Waals surface area contributed by atoms with Crippen molar-refractivity contribution in [1.29, 1.82) is 0 Å². The van der Waals surface area contributed by atoms with Gasteiger partial charge in [-0.05, 0) is 55.2 Å². The molecule has 0 aliphatic rings. The third kappa shape index (κ3) is 6.63. The molecule has 3 rings (SSSR count). The Morgan fingerprint density at radius 1 is 1.06 bits per heavy atom. The number of hydrogen-bond donors (Lipinski definition) is 2. The molecule has 0 aliphatic heterocycles. The summed E-state index contributed by atoms with van der Waals surface area (Å²) >= 11 is 1.33. The molecule has 186 valence electrons. The number of anilines is 1. The molecule has 2 amide bonds. The van der Waals surface area contributed by atoms with E-state index in [0.717, 1.165) is 17.7 Å². The molecule has 0 bridgehead atoms. The van der Waals surface area contributed by atoms with Crippen molar-refractivity contribution in [3.8, 4) is 5.75 Å². The van der Waals surface area contributed by atoms with Gasteiger partial charge in [0.2, 0.25) is 5.91 Å². The Hall–Kier alpha value is -3.33. The van der Waals surface area contributed by atoms with Gasteiger partial charge in [-0.3, -0.25) is 9.59 Å². The lowest BCUT2D eigenvalue weighted by Gasteiger charge is -2.22. The predicted molar refractivity (Wildman–Crippen MR) is 139 cm³/mol. The number of ether oxygens (including phenoxy) is 1. The zero-order chi connectivity index (χ0) is 25.4. The van der Waals surface area contributed by atoms with Crippen LogP contribution in [0.2, 0.25) is 0 Å². The molecule has 9 heteroatoms. The van der Waals surface area contributed by atoms with E-state index in [1.54, 1.807) is 31.4 Å². The first-order valence-corrected chi connectivity index (χ1v) is 12.7. The van der Waals surface area contributed by atoms with Gasteiger partial charge in [0.15, 0.2) is 11.0 Å². The molecule has 1 heterocycles. The number of rotatable bonds is 11. The lowest BCUT2D eigenvalue weighted by atomic mass is 10.0. The first-order chi connectivity index (χ1) is 16.9. The van der Waals surface area contributed by atoms with E-state index in [2.05, 4.69) is 27.8 Å². The fourth-order valence-corrected chi connectivity index (χ4v) is 4.51. The summed E-state index contributed by atoms with van der Waals surface area (Å²) < 4.78 is 7.13. The van der Waals surface area contributed by atoms with Gasteiger partial charge in [-0.25, -0.2) is 0 Å². The van der Waals surface area contributed by atoms with Crippen LogP contribution in [0.4, 0.5) is 5.69 Å². The molecule has 8 nitrogen and oxygen atoms in total. The maximum absolute atomic E-state index is 12.9. The summed E-state index contributed by atoms with van der Waals surface area (Å²) in [5, 5.41) is 15.5. The number of methoxy groups -OCH3 is 1. The Balaban J connectivity index is 1.71. The maximum atomic E-state index is 12.9. The van der Waals surface area contributed by atoms with Crippen molar-refractivity contribution in [3.05, 3.63) is 65.5 Å². The minimum absolute atomic E-state index is 0.0818. The van der Waals surface area contributed by atoms with Crippen LogP contribution in [-0.4, -0.2) is 39.4 Å². The number of benzene rings is 2. The van der Waals surface area contributed by atoms with E-state index in [4.69, 9.17) is 4.74 Å². The van der Waals surface area contributed by atoms with Crippen molar-refractivity contribution in [2.45, 2.75) is 51.9 Å². The Bertz CT molecular complexity index is 1140. The van der Waals surface area contributed by atoms with Crippen LogP contribution in [0.25, 0.3) is 0 Å². The number of aromatic nitrogens is 3. The van der Waals surface area contributed by atoms with Crippen LogP contribution in [0.15, 0.2) is 53.7 Å². The molecule has 0 saturated heterocycles. The van der Waals surface area contributed by atoms with E-state index in [9.17, 15) is 9.59 Å². The van der Waals surface area contributed by atoms with E-state index in [-0.39, 0.29) is 29.5 Å². The van der Waals surface area contributed by atoms with Crippen LogP contribution >= 0.6 is 11.8 Å². The Morgan fingerprint density at radius 3 is 2.40 bits per heavy atom. The lowest BCUT2D eigenvalue weighted by Crippen LogP contribution is -2.33. The summed E-state index contributed by atoms with van der Waals surface area (Å²) in [6.45, 7) is 8.73. The highest BCUT2D eigenvalue weighted by atomic mass is 32.2. The Labute approximate surface area is 210 Å². The number of para-hydroxylation sites is 1. The smallest absolute Gasteiger partial charge is 0.251 e. The second kappa shape index (κ2) is 12.4. The molecule has 0 aliphatic carbocycles. The number of nitrogens with one attached hydrogen (secondary N) is 2. The van der Waals surface area contributed by atoms with Crippen molar-refractivity contribution in [3.63, 3.8) is 0 Å². The first kappa shape index (κ1) is 26.3. The van der Waals surface area contributed by atoms with Crippen LogP contribution < -0.4 is 15.4 Å². The van der Waals surface area contributed by atoms with Crippen LogP contribution in [0.3, 0.4) is 0 Å². The Kier molecular flexibility index (Phi) is 9.31. The molecular formula is C26H33N5O3S. The highest BCUT2D eigenvalue weighted by molar-refractivity contribution is 7.99. The van der Waals surface area contributed by atoms with E-state index < -0.39 is 0 Å². The number of amides is 2. The second-order valence-corrected chi connectivity index (χ2v) is 9.30. The minimum atomic E-state index is -0.336. The zero-order valence-corrected chi connectivity index (χ0v) is 21.7. The minimum Gasteiger partial charge on any atom is -0.497 e. The monoisotopic (exact) mass is 495 g/mol. The molecule has 35 heavy (non-hydrogen) atoms. The highest BCUT2D eigenvalue weighted by Gasteiger charge is 2.26. The molecular weight excluding hydrogens is 462 g/mol. The van der Waals surface area contributed by atoms with Crippen LogP contribution in [0.5, 0.6) is 5.75 Å². The van der Waals surface area contributed by atoms with Crippen molar-refractivity contribution >= 4 is 29.3 Å². The molecule has 0 saturated carbocycles. The number of hydrogen-bond acceptors (Lipinski definition) is 6. The normalized spacial score (nSPS) is 11.8. The summed E-state index contributed by atoms with van der Waals surface area (Å²) in [4.78, 5) is 25.5. The fourth-order valence-electron chi connectivity index (χ4n) is 3.70. The molecule has 0 radical (unpaired) electrons. The van der Waals surface area contributed by atoms with E-state index in [1.807, 2.05) is 49.6 Å². The van der Waals surface area contributed by atoms with E-state index in [1.165, 1.54) is 11.8 Å².